The number of hydrogen-bond donors (Lipinski definition) is 1. The van der Waals surface area contributed by atoms with Crippen LogP contribution in [0.5, 0.6) is 11.5 Å². The summed E-state index contributed by atoms with van der Waals surface area (Å²) >= 11 is 9.11. The zero-order valence-corrected chi connectivity index (χ0v) is 24.7. The number of hydrogen-bond acceptors (Lipinski definition) is 4. The van der Waals surface area contributed by atoms with Gasteiger partial charge in [0, 0.05) is 8.95 Å². The third-order valence-corrected chi connectivity index (χ3v) is 7.12. The predicted molar refractivity (Wildman–Crippen MR) is 155 cm³/mol. The Morgan fingerprint density at radius 3 is 2.43 bits per heavy atom. The van der Waals surface area contributed by atoms with Crippen molar-refractivity contribution in [3.8, 4) is 17.6 Å². The molecule has 0 radical (unpaired) electrons. The summed E-state index contributed by atoms with van der Waals surface area (Å²) in [6, 6.07) is 17.5. The number of benzene rings is 3. The molecule has 5 nitrogen and oxygen atoms in total. The second kappa shape index (κ2) is 12.6. The topological polar surface area (TPSA) is 71.3 Å². The van der Waals surface area contributed by atoms with Crippen molar-refractivity contribution in [2.45, 2.75) is 27.4 Å². The van der Waals surface area contributed by atoms with Crippen molar-refractivity contribution in [3.05, 3.63) is 88.9 Å². The van der Waals surface area contributed by atoms with Crippen molar-refractivity contribution in [2.75, 3.05) is 11.9 Å². The van der Waals surface area contributed by atoms with E-state index in [4.69, 9.17) is 9.47 Å². The van der Waals surface area contributed by atoms with E-state index in [0.717, 1.165) is 29.2 Å². The van der Waals surface area contributed by atoms with E-state index < -0.39 is 5.91 Å². The molecule has 1 N–H and O–H groups in total. The van der Waals surface area contributed by atoms with Crippen molar-refractivity contribution < 1.29 is 14.3 Å². The Hall–Kier alpha value is -2.35. The lowest BCUT2D eigenvalue weighted by atomic mass is 10.1. The van der Waals surface area contributed by atoms with Crippen LogP contribution in [0.3, 0.4) is 0 Å². The van der Waals surface area contributed by atoms with Crippen molar-refractivity contribution in [3.63, 3.8) is 0 Å². The molecule has 3 aromatic rings. The fourth-order valence-electron chi connectivity index (χ4n) is 3.31. The number of carbonyl (C=O) groups excluding carboxylic acids is 1. The summed E-state index contributed by atoms with van der Waals surface area (Å²) in [6.45, 7) is 6.75. The van der Waals surface area contributed by atoms with E-state index in [0.29, 0.717) is 36.0 Å². The highest BCUT2D eigenvalue weighted by Gasteiger charge is 2.17. The number of halogens is 3. The van der Waals surface area contributed by atoms with Crippen LogP contribution in [-0.4, -0.2) is 12.5 Å². The molecule has 0 bridgehead atoms. The number of carbonyl (C=O) groups is 1. The summed E-state index contributed by atoms with van der Waals surface area (Å²) in [7, 11) is 0. The molecule has 0 aliphatic heterocycles. The van der Waals surface area contributed by atoms with E-state index in [-0.39, 0.29) is 5.57 Å². The van der Waals surface area contributed by atoms with Crippen LogP contribution in [0.2, 0.25) is 0 Å². The quantitative estimate of drug-likeness (QED) is 0.146. The molecule has 180 valence electrons. The number of anilines is 1. The van der Waals surface area contributed by atoms with Gasteiger partial charge in [0.25, 0.3) is 5.91 Å². The maximum Gasteiger partial charge on any atom is 0.266 e. The number of rotatable bonds is 8. The van der Waals surface area contributed by atoms with Gasteiger partial charge < -0.3 is 14.8 Å². The van der Waals surface area contributed by atoms with Gasteiger partial charge in [-0.25, -0.2) is 0 Å². The second-order valence-electron chi connectivity index (χ2n) is 7.71. The molecular weight excluding hydrogens is 687 g/mol. The van der Waals surface area contributed by atoms with Crippen LogP contribution < -0.4 is 14.8 Å². The number of ether oxygens (including phenoxy) is 2. The molecule has 3 aromatic carbocycles. The van der Waals surface area contributed by atoms with E-state index in [1.165, 1.54) is 0 Å². The van der Waals surface area contributed by atoms with E-state index in [1.54, 1.807) is 12.1 Å². The van der Waals surface area contributed by atoms with Crippen LogP contribution in [0.4, 0.5) is 5.69 Å². The van der Waals surface area contributed by atoms with Gasteiger partial charge in [0.2, 0.25) is 0 Å². The standard InChI is InChI=1S/C27H23Br2IN2O3/c1-4-34-24-13-18(12-23(30)26(24)35-15-19-8-6-5-7-17(19)3)11-20(14-31)27(33)32-25-21(28)9-16(2)10-22(25)29/h5-13H,4,15H2,1-3H3,(H,32,33)/b20-11+. The Bertz CT molecular complexity index is 1310. The highest BCUT2D eigenvalue weighted by molar-refractivity contribution is 14.1. The first kappa shape index (κ1) is 27.2. The van der Waals surface area contributed by atoms with Gasteiger partial charge in [-0.3, -0.25) is 4.79 Å². The third kappa shape index (κ3) is 7.09. The molecule has 0 fully saturated rings. The average molecular weight is 710 g/mol. The number of nitrogens with one attached hydrogen (secondary N) is 1. The van der Waals surface area contributed by atoms with Gasteiger partial charge in [0.1, 0.15) is 18.2 Å². The predicted octanol–water partition coefficient (Wildman–Crippen LogP) is 7.96. The minimum Gasteiger partial charge on any atom is -0.490 e. The van der Waals surface area contributed by atoms with Gasteiger partial charge in [0.15, 0.2) is 11.5 Å². The van der Waals surface area contributed by atoms with Crippen LogP contribution in [0.1, 0.15) is 29.2 Å². The minimum absolute atomic E-state index is 0.0313. The Balaban J connectivity index is 1.89. The first-order valence-electron chi connectivity index (χ1n) is 10.8. The maximum atomic E-state index is 12.9. The monoisotopic (exact) mass is 708 g/mol. The molecular formula is C27H23Br2IN2O3. The first-order valence-corrected chi connectivity index (χ1v) is 13.4. The van der Waals surface area contributed by atoms with Gasteiger partial charge in [-0.05, 0) is 128 Å². The fourth-order valence-corrected chi connectivity index (χ4v) is 5.71. The zero-order valence-electron chi connectivity index (χ0n) is 19.4. The molecule has 35 heavy (non-hydrogen) atoms. The van der Waals surface area contributed by atoms with Gasteiger partial charge in [-0.1, -0.05) is 24.3 Å². The molecule has 0 aliphatic rings. The molecule has 0 aromatic heterocycles. The highest BCUT2D eigenvalue weighted by Crippen LogP contribution is 2.36. The molecule has 0 saturated carbocycles. The summed E-state index contributed by atoms with van der Waals surface area (Å²) in [5.41, 5.74) is 4.46. The van der Waals surface area contributed by atoms with E-state index in [9.17, 15) is 10.1 Å². The molecule has 1 amide bonds. The van der Waals surface area contributed by atoms with Crippen LogP contribution in [0.25, 0.3) is 6.08 Å². The van der Waals surface area contributed by atoms with Crippen LogP contribution in [-0.2, 0) is 11.4 Å². The first-order chi connectivity index (χ1) is 16.7. The molecule has 0 saturated heterocycles. The molecule has 8 heteroatoms. The van der Waals surface area contributed by atoms with Gasteiger partial charge >= 0.3 is 0 Å². The summed E-state index contributed by atoms with van der Waals surface area (Å²) in [6.07, 6.45) is 1.54. The Morgan fingerprint density at radius 1 is 1.11 bits per heavy atom. The van der Waals surface area contributed by atoms with Crippen LogP contribution in [0.15, 0.2) is 63.0 Å². The summed E-state index contributed by atoms with van der Waals surface area (Å²) in [5, 5.41) is 12.5. The Labute approximate surface area is 235 Å². The number of aryl methyl sites for hydroxylation is 2. The smallest absolute Gasteiger partial charge is 0.266 e. The zero-order chi connectivity index (χ0) is 25.5. The molecule has 0 heterocycles. The Morgan fingerprint density at radius 2 is 1.80 bits per heavy atom. The average Bonchev–Trinajstić information content (AvgIpc) is 2.80. The van der Waals surface area contributed by atoms with Crippen molar-refractivity contribution in [2.24, 2.45) is 0 Å². The van der Waals surface area contributed by atoms with Crippen molar-refractivity contribution in [1.29, 1.82) is 5.26 Å². The van der Waals surface area contributed by atoms with E-state index in [2.05, 4.69) is 59.8 Å². The molecule has 0 atom stereocenters. The van der Waals surface area contributed by atoms with Gasteiger partial charge in [0.05, 0.1) is 15.9 Å². The largest absolute Gasteiger partial charge is 0.490 e. The van der Waals surface area contributed by atoms with Crippen LogP contribution >= 0.6 is 54.5 Å². The lowest BCUT2D eigenvalue weighted by Crippen LogP contribution is -2.14. The van der Waals surface area contributed by atoms with Gasteiger partial charge in [-0.15, -0.1) is 0 Å². The van der Waals surface area contributed by atoms with Crippen molar-refractivity contribution >= 4 is 72.1 Å². The summed E-state index contributed by atoms with van der Waals surface area (Å²) in [4.78, 5) is 12.9. The highest BCUT2D eigenvalue weighted by atomic mass is 127. The lowest BCUT2D eigenvalue weighted by Gasteiger charge is -2.16. The molecule has 3 rings (SSSR count). The SMILES string of the molecule is CCOc1cc(/C=C(\C#N)C(=O)Nc2c(Br)cc(C)cc2Br)cc(I)c1OCc1ccccc1C. The van der Waals surface area contributed by atoms with Crippen molar-refractivity contribution in [1.82, 2.24) is 0 Å². The third-order valence-electron chi connectivity index (χ3n) is 5.07. The number of nitriles is 1. The normalized spacial score (nSPS) is 11.1. The molecule has 0 spiro atoms. The Kier molecular flexibility index (Phi) is 9.78. The number of amides is 1. The van der Waals surface area contributed by atoms with E-state index in [1.807, 2.05) is 69.3 Å². The van der Waals surface area contributed by atoms with E-state index >= 15 is 0 Å². The fraction of sp³-hybridized carbons (Fsp3) is 0.185. The lowest BCUT2D eigenvalue weighted by molar-refractivity contribution is -0.112. The second-order valence-corrected chi connectivity index (χ2v) is 10.6. The molecule has 0 unspecified atom stereocenters. The minimum atomic E-state index is -0.509. The summed E-state index contributed by atoms with van der Waals surface area (Å²) < 4.78 is 14.2. The summed E-state index contributed by atoms with van der Waals surface area (Å²) in [5.74, 6) is 0.676. The van der Waals surface area contributed by atoms with Crippen LogP contribution in [0, 0.1) is 28.7 Å². The molecule has 0 aliphatic carbocycles. The van der Waals surface area contributed by atoms with Gasteiger partial charge in [-0.2, -0.15) is 5.26 Å². The number of nitrogens with zero attached hydrogens (tertiary/aromatic N) is 1. The maximum absolute atomic E-state index is 12.9.